The molecule has 0 bridgehead atoms. The topological polar surface area (TPSA) is 84.5 Å². The van der Waals surface area contributed by atoms with Crippen molar-refractivity contribution in [2.75, 3.05) is 6.54 Å². The highest BCUT2D eigenvalue weighted by molar-refractivity contribution is 8.09. The van der Waals surface area contributed by atoms with Crippen LogP contribution < -0.4 is 11.1 Å². The van der Waals surface area contributed by atoms with Gasteiger partial charge >= 0.3 is 0 Å². The first-order valence-corrected chi connectivity index (χ1v) is 4.64. The lowest BCUT2D eigenvalue weighted by molar-refractivity contribution is 0.615. The summed E-state index contributed by atoms with van der Waals surface area (Å²) in [5, 5.41) is 3.35. The lowest BCUT2D eigenvalue weighted by atomic mass is 10.8. The Morgan fingerprint density at radius 2 is 2.36 bits per heavy atom. The molecule has 0 aromatic rings. The van der Waals surface area contributed by atoms with E-state index in [-0.39, 0.29) is 11.0 Å². The molecule has 62 valence electrons. The van der Waals surface area contributed by atoms with Crippen LogP contribution >= 0.6 is 0 Å². The van der Waals surface area contributed by atoms with Crippen LogP contribution in [0.1, 0.15) is 6.92 Å². The number of rotatable bonds is 1. The average molecular weight is 175 g/mol. The normalized spacial score (nSPS) is 24.8. The van der Waals surface area contributed by atoms with Gasteiger partial charge in [0.05, 0.1) is 5.41 Å². The maximum Gasteiger partial charge on any atom is 0.236 e. The van der Waals surface area contributed by atoms with E-state index in [9.17, 15) is 8.42 Å². The molecule has 1 aliphatic rings. The Morgan fingerprint density at radius 1 is 1.73 bits per heavy atom. The van der Waals surface area contributed by atoms with Crippen molar-refractivity contribution in [1.82, 2.24) is 5.32 Å². The zero-order chi connectivity index (χ0) is 8.48. The summed E-state index contributed by atoms with van der Waals surface area (Å²) < 4.78 is 22.0. The number of hydrogen-bond acceptors (Lipinski definition) is 4. The molecule has 1 rings (SSSR count). The van der Waals surface area contributed by atoms with Crippen LogP contribution in [0.5, 0.6) is 0 Å². The molecule has 11 heavy (non-hydrogen) atoms. The van der Waals surface area contributed by atoms with Crippen molar-refractivity contribution in [3.05, 3.63) is 11.2 Å². The Balaban J connectivity index is 3.04. The van der Waals surface area contributed by atoms with E-state index in [4.69, 9.17) is 5.73 Å². The number of nitrogens with zero attached hydrogens (tertiary/aromatic N) is 1. The third-order valence-electron chi connectivity index (χ3n) is 1.10. The molecule has 3 N–H and O–H groups in total. The van der Waals surface area contributed by atoms with E-state index in [1.54, 1.807) is 6.92 Å². The molecule has 0 aliphatic carbocycles. The Kier molecular flexibility index (Phi) is 1.86. The minimum Gasteiger partial charge on any atom is -0.385 e. The molecule has 5 nitrogen and oxygen atoms in total. The van der Waals surface area contributed by atoms with Gasteiger partial charge in [0.15, 0.2) is 0 Å². The van der Waals surface area contributed by atoms with Crippen molar-refractivity contribution in [2.24, 2.45) is 10.7 Å². The maximum atomic E-state index is 11.0. The van der Waals surface area contributed by atoms with Gasteiger partial charge in [-0.05, 0) is 6.92 Å². The second-order valence-corrected chi connectivity index (χ2v) is 3.74. The van der Waals surface area contributed by atoms with Gasteiger partial charge in [0.25, 0.3) is 0 Å². The fraction of sp³-hybridized carbons (Fsp3) is 0.400. The number of nitrogens with one attached hydrogen (secondary N) is 1. The third-order valence-corrected chi connectivity index (χ3v) is 2.44. The lowest BCUT2D eigenvalue weighted by Crippen LogP contribution is -2.24. The molecule has 0 fully saturated rings. The molecule has 0 radical (unpaired) electrons. The zero-order valence-corrected chi connectivity index (χ0v) is 6.85. The van der Waals surface area contributed by atoms with Gasteiger partial charge in [-0.15, -0.1) is 0 Å². The molecule has 0 aromatic carbocycles. The van der Waals surface area contributed by atoms with Crippen molar-refractivity contribution in [3.8, 4) is 0 Å². The van der Waals surface area contributed by atoms with Gasteiger partial charge in [0.1, 0.15) is 5.82 Å². The molecule has 1 aliphatic heterocycles. The predicted molar refractivity (Wildman–Crippen MR) is 42.3 cm³/mol. The third kappa shape index (κ3) is 1.51. The number of nitrogens with two attached hydrogens (primary N) is 1. The SMILES string of the molecule is CCN=C1NC(N)=CS1(=O)=O. The van der Waals surface area contributed by atoms with Crippen LogP contribution in [0.15, 0.2) is 16.2 Å². The Bertz CT molecular complexity index is 315. The molecule has 0 amide bonds. The van der Waals surface area contributed by atoms with Crippen LogP contribution in [-0.4, -0.2) is 20.1 Å². The second kappa shape index (κ2) is 2.54. The number of sulfone groups is 1. The molecule has 0 spiro atoms. The highest BCUT2D eigenvalue weighted by atomic mass is 32.2. The molecule has 0 saturated heterocycles. The minimum atomic E-state index is -3.35. The summed E-state index contributed by atoms with van der Waals surface area (Å²) in [5.41, 5.74) is 5.22. The van der Waals surface area contributed by atoms with Crippen molar-refractivity contribution >= 4 is 15.0 Å². The zero-order valence-electron chi connectivity index (χ0n) is 6.03. The van der Waals surface area contributed by atoms with Gasteiger partial charge in [-0.3, -0.25) is 4.99 Å². The van der Waals surface area contributed by atoms with Crippen molar-refractivity contribution in [1.29, 1.82) is 0 Å². The highest BCUT2D eigenvalue weighted by Gasteiger charge is 2.24. The first kappa shape index (κ1) is 8.06. The Hall–Kier alpha value is -1.04. The second-order valence-electron chi connectivity index (χ2n) is 2.02. The van der Waals surface area contributed by atoms with E-state index in [2.05, 4.69) is 10.3 Å². The van der Waals surface area contributed by atoms with E-state index in [1.165, 1.54) is 0 Å². The summed E-state index contributed by atoms with van der Waals surface area (Å²) in [6.45, 7) is 2.17. The first-order valence-electron chi connectivity index (χ1n) is 3.10. The van der Waals surface area contributed by atoms with Gasteiger partial charge < -0.3 is 11.1 Å². The number of aliphatic imine (C=N–C) groups is 1. The lowest BCUT2D eigenvalue weighted by Gasteiger charge is -1.95. The van der Waals surface area contributed by atoms with Gasteiger partial charge in [-0.2, -0.15) is 0 Å². The number of hydrogen-bond donors (Lipinski definition) is 2. The molecule has 1 heterocycles. The summed E-state index contributed by atoms with van der Waals surface area (Å²) in [7, 11) is -3.35. The van der Waals surface area contributed by atoms with Crippen LogP contribution in [0.3, 0.4) is 0 Å². The summed E-state index contributed by atoms with van der Waals surface area (Å²) in [6.07, 6.45) is 0. The molecular formula is C5H9N3O2S. The summed E-state index contributed by atoms with van der Waals surface area (Å²) >= 11 is 0. The molecule has 0 atom stereocenters. The van der Waals surface area contributed by atoms with Crippen LogP contribution in [0.2, 0.25) is 0 Å². The summed E-state index contributed by atoms with van der Waals surface area (Å²) in [4.78, 5) is 3.71. The first-order chi connectivity index (χ1) is 5.06. The minimum absolute atomic E-state index is 0.0579. The standard InChI is InChI=1S/C5H9N3O2S/c1-2-7-5-8-4(6)3-11(5,9)10/h3H,2,6H2,1H3,(H,7,8). The van der Waals surface area contributed by atoms with E-state index < -0.39 is 9.84 Å². The molecule has 6 heteroatoms. The average Bonchev–Trinajstić information content (AvgIpc) is 2.07. The van der Waals surface area contributed by atoms with Crippen molar-refractivity contribution < 1.29 is 8.42 Å². The Labute approximate surface area is 64.9 Å². The smallest absolute Gasteiger partial charge is 0.236 e. The monoisotopic (exact) mass is 175 g/mol. The highest BCUT2D eigenvalue weighted by Crippen LogP contribution is 2.04. The van der Waals surface area contributed by atoms with Crippen molar-refractivity contribution in [2.45, 2.75) is 6.92 Å². The van der Waals surface area contributed by atoms with Crippen LogP contribution in [0, 0.1) is 0 Å². The maximum absolute atomic E-state index is 11.0. The van der Waals surface area contributed by atoms with Crippen LogP contribution in [-0.2, 0) is 9.84 Å². The van der Waals surface area contributed by atoms with Gasteiger partial charge in [0.2, 0.25) is 15.0 Å². The summed E-state index contributed by atoms with van der Waals surface area (Å²) in [5.74, 6) is 0.122. The summed E-state index contributed by atoms with van der Waals surface area (Å²) in [6, 6.07) is 0. The fourth-order valence-corrected chi connectivity index (χ4v) is 1.79. The van der Waals surface area contributed by atoms with Crippen molar-refractivity contribution in [3.63, 3.8) is 0 Å². The predicted octanol–water partition coefficient (Wildman–Crippen LogP) is -0.862. The quantitative estimate of drug-likeness (QED) is 0.543. The van der Waals surface area contributed by atoms with E-state index in [1.807, 2.05) is 0 Å². The van der Waals surface area contributed by atoms with Crippen LogP contribution in [0.25, 0.3) is 0 Å². The van der Waals surface area contributed by atoms with E-state index in [0.717, 1.165) is 5.41 Å². The molecular weight excluding hydrogens is 166 g/mol. The number of amidine groups is 1. The van der Waals surface area contributed by atoms with Gasteiger partial charge in [-0.25, -0.2) is 8.42 Å². The molecule has 0 aromatic heterocycles. The van der Waals surface area contributed by atoms with E-state index >= 15 is 0 Å². The largest absolute Gasteiger partial charge is 0.385 e. The van der Waals surface area contributed by atoms with Gasteiger partial charge in [-0.1, -0.05) is 0 Å². The Morgan fingerprint density at radius 3 is 2.73 bits per heavy atom. The fourth-order valence-electron chi connectivity index (χ4n) is 0.720. The molecule has 0 unspecified atom stereocenters. The van der Waals surface area contributed by atoms with Gasteiger partial charge in [0, 0.05) is 6.54 Å². The van der Waals surface area contributed by atoms with Crippen LogP contribution in [0.4, 0.5) is 0 Å². The van der Waals surface area contributed by atoms with E-state index in [0.29, 0.717) is 6.54 Å². The molecule has 0 saturated carbocycles.